The van der Waals surface area contributed by atoms with E-state index in [1.54, 1.807) is 17.2 Å². The van der Waals surface area contributed by atoms with E-state index in [0.717, 1.165) is 17.0 Å². The van der Waals surface area contributed by atoms with Crippen molar-refractivity contribution in [2.45, 2.75) is 19.6 Å². The highest BCUT2D eigenvalue weighted by atomic mass is 19.2. The molecule has 0 radical (unpaired) electrons. The molecule has 0 spiro atoms. The van der Waals surface area contributed by atoms with Crippen LogP contribution < -0.4 is 5.32 Å². The molecule has 0 saturated carbocycles. The van der Waals surface area contributed by atoms with E-state index in [9.17, 15) is 13.6 Å². The number of nitrogens with one attached hydrogen (secondary N) is 1. The molecule has 0 aliphatic carbocycles. The summed E-state index contributed by atoms with van der Waals surface area (Å²) in [7, 11) is 0. The Labute approximate surface area is 185 Å². The van der Waals surface area contributed by atoms with Crippen molar-refractivity contribution in [3.63, 3.8) is 0 Å². The van der Waals surface area contributed by atoms with Gasteiger partial charge in [-0.1, -0.05) is 29.4 Å². The SMILES string of the molecule is O=C(NCc1noc(-c2c3ccccc3nn2CCn2ccnc2)n1)c1cccc(F)c1F. The molecule has 0 fully saturated rings. The van der Waals surface area contributed by atoms with Crippen molar-refractivity contribution in [1.82, 2.24) is 34.8 Å². The lowest BCUT2D eigenvalue weighted by Gasteiger charge is -2.05. The molecule has 0 saturated heterocycles. The minimum atomic E-state index is -1.21. The van der Waals surface area contributed by atoms with Crippen LogP contribution in [0.2, 0.25) is 0 Å². The number of hydrogen-bond donors (Lipinski definition) is 1. The van der Waals surface area contributed by atoms with Crippen LogP contribution in [0.1, 0.15) is 16.2 Å². The molecule has 2 aromatic carbocycles. The third kappa shape index (κ3) is 4.07. The molecule has 5 aromatic rings. The fraction of sp³-hybridized carbons (Fsp3) is 0.136. The molecule has 11 heteroatoms. The number of benzene rings is 2. The second kappa shape index (κ2) is 8.61. The quantitative estimate of drug-likeness (QED) is 0.409. The second-order valence-electron chi connectivity index (χ2n) is 7.19. The number of nitrogens with zero attached hydrogens (tertiary/aromatic N) is 6. The zero-order valence-electron chi connectivity index (χ0n) is 17.2. The Balaban J connectivity index is 1.37. The van der Waals surface area contributed by atoms with Crippen LogP contribution in [0.25, 0.3) is 22.5 Å². The van der Waals surface area contributed by atoms with E-state index < -0.39 is 23.1 Å². The van der Waals surface area contributed by atoms with E-state index in [-0.39, 0.29) is 18.3 Å². The molecule has 3 aromatic heterocycles. The summed E-state index contributed by atoms with van der Waals surface area (Å²) in [6.07, 6.45) is 5.28. The molecule has 3 heterocycles. The summed E-state index contributed by atoms with van der Waals surface area (Å²) in [5.41, 5.74) is 1.02. The average Bonchev–Trinajstić information content (AvgIpc) is 3.57. The van der Waals surface area contributed by atoms with Crippen LogP contribution in [0.3, 0.4) is 0 Å². The first kappa shape index (κ1) is 20.5. The minimum absolute atomic E-state index is 0.126. The van der Waals surface area contributed by atoms with Gasteiger partial charge in [0.15, 0.2) is 17.5 Å². The predicted molar refractivity (Wildman–Crippen MR) is 113 cm³/mol. The Morgan fingerprint density at radius 1 is 1.09 bits per heavy atom. The van der Waals surface area contributed by atoms with Gasteiger partial charge in [-0.25, -0.2) is 13.8 Å². The number of fused-ring (bicyclic) bond motifs is 1. The van der Waals surface area contributed by atoms with Gasteiger partial charge in [-0.05, 0) is 18.2 Å². The Bertz CT molecular complexity index is 1430. The maximum Gasteiger partial charge on any atom is 0.276 e. The summed E-state index contributed by atoms with van der Waals surface area (Å²) in [6, 6.07) is 11.0. The number of aryl methyl sites for hydroxylation is 2. The summed E-state index contributed by atoms with van der Waals surface area (Å²) < 4.78 is 36.4. The summed E-state index contributed by atoms with van der Waals surface area (Å²) in [5, 5.41) is 11.9. The highest BCUT2D eigenvalue weighted by Crippen LogP contribution is 2.27. The monoisotopic (exact) mass is 449 g/mol. The third-order valence-corrected chi connectivity index (χ3v) is 5.05. The molecular formula is C22H17F2N7O2. The van der Waals surface area contributed by atoms with Crippen LogP contribution in [0.15, 0.2) is 65.7 Å². The first-order valence-corrected chi connectivity index (χ1v) is 10.1. The van der Waals surface area contributed by atoms with Gasteiger partial charge in [0.2, 0.25) is 0 Å². The van der Waals surface area contributed by atoms with Crippen LogP contribution in [-0.2, 0) is 19.6 Å². The normalized spacial score (nSPS) is 11.2. The van der Waals surface area contributed by atoms with E-state index in [1.807, 2.05) is 35.0 Å². The van der Waals surface area contributed by atoms with E-state index in [2.05, 4.69) is 25.5 Å². The molecule has 5 rings (SSSR count). The van der Waals surface area contributed by atoms with Crippen molar-refractivity contribution in [3.05, 3.63) is 84.2 Å². The number of halogens is 2. The lowest BCUT2D eigenvalue weighted by molar-refractivity contribution is 0.0944. The molecule has 1 N–H and O–H groups in total. The van der Waals surface area contributed by atoms with E-state index in [1.165, 1.54) is 12.1 Å². The zero-order chi connectivity index (χ0) is 22.8. The van der Waals surface area contributed by atoms with Gasteiger partial charge in [0, 0.05) is 24.3 Å². The molecule has 1 amide bonds. The summed E-state index contributed by atoms with van der Waals surface area (Å²) in [5.74, 6) is -2.68. The van der Waals surface area contributed by atoms with Crippen LogP contribution in [-0.4, -0.2) is 35.4 Å². The highest BCUT2D eigenvalue weighted by Gasteiger charge is 2.20. The lowest BCUT2D eigenvalue weighted by Crippen LogP contribution is -2.24. The number of aromatic nitrogens is 6. The first-order chi connectivity index (χ1) is 16.1. The Morgan fingerprint density at radius 2 is 1.97 bits per heavy atom. The summed E-state index contributed by atoms with van der Waals surface area (Å²) >= 11 is 0. The number of hydrogen-bond acceptors (Lipinski definition) is 6. The molecule has 33 heavy (non-hydrogen) atoms. The number of carbonyl (C=O) groups is 1. The molecule has 166 valence electrons. The van der Waals surface area contributed by atoms with Crippen molar-refractivity contribution >= 4 is 16.8 Å². The minimum Gasteiger partial charge on any atom is -0.345 e. The predicted octanol–water partition coefficient (Wildman–Crippen LogP) is 3.19. The van der Waals surface area contributed by atoms with E-state index in [0.29, 0.717) is 18.8 Å². The first-order valence-electron chi connectivity index (χ1n) is 10.1. The molecule has 0 bridgehead atoms. The highest BCUT2D eigenvalue weighted by molar-refractivity contribution is 5.94. The number of imidazole rings is 1. The third-order valence-electron chi connectivity index (χ3n) is 5.05. The molecular weight excluding hydrogens is 432 g/mol. The van der Waals surface area contributed by atoms with Gasteiger partial charge in [-0.15, -0.1) is 0 Å². The molecule has 9 nitrogen and oxygen atoms in total. The van der Waals surface area contributed by atoms with Crippen molar-refractivity contribution in [2.75, 3.05) is 0 Å². The number of carbonyl (C=O) groups excluding carboxylic acids is 1. The standard InChI is InChI=1S/C22H17F2N7O2/c23-16-6-3-5-15(19(16)24)21(32)26-12-18-27-22(33-29-18)20-14-4-1-2-7-17(14)28-31(20)11-10-30-9-8-25-13-30/h1-9,13H,10-12H2,(H,26,32). The van der Waals surface area contributed by atoms with Gasteiger partial charge >= 0.3 is 0 Å². The Kier molecular flexibility index (Phi) is 5.35. The van der Waals surface area contributed by atoms with Crippen LogP contribution in [0.5, 0.6) is 0 Å². The second-order valence-corrected chi connectivity index (χ2v) is 7.19. The largest absolute Gasteiger partial charge is 0.345 e. The average molecular weight is 449 g/mol. The summed E-state index contributed by atoms with van der Waals surface area (Å²) in [4.78, 5) is 20.6. The Morgan fingerprint density at radius 3 is 2.82 bits per heavy atom. The smallest absolute Gasteiger partial charge is 0.276 e. The van der Waals surface area contributed by atoms with Crippen LogP contribution >= 0.6 is 0 Å². The number of amides is 1. The maximum absolute atomic E-state index is 13.8. The van der Waals surface area contributed by atoms with Gasteiger partial charge in [0.1, 0.15) is 5.69 Å². The van der Waals surface area contributed by atoms with Crippen molar-refractivity contribution in [3.8, 4) is 11.6 Å². The molecule has 0 aliphatic heterocycles. The zero-order valence-corrected chi connectivity index (χ0v) is 17.2. The summed E-state index contributed by atoms with van der Waals surface area (Å²) in [6.45, 7) is 1.05. The fourth-order valence-electron chi connectivity index (χ4n) is 3.45. The van der Waals surface area contributed by atoms with E-state index in [4.69, 9.17) is 4.52 Å². The van der Waals surface area contributed by atoms with Gasteiger partial charge in [0.05, 0.1) is 30.5 Å². The topological polar surface area (TPSA) is 104 Å². The van der Waals surface area contributed by atoms with Crippen molar-refractivity contribution < 1.29 is 18.1 Å². The van der Waals surface area contributed by atoms with Crippen molar-refractivity contribution in [2.24, 2.45) is 0 Å². The molecule has 0 unspecified atom stereocenters. The molecule has 0 atom stereocenters. The number of rotatable bonds is 7. The van der Waals surface area contributed by atoms with Gasteiger partial charge in [-0.3, -0.25) is 9.48 Å². The van der Waals surface area contributed by atoms with Crippen LogP contribution in [0, 0.1) is 11.6 Å². The van der Waals surface area contributed by atoms with Gasteiger partial charge in [-0.2, -0.15) is 10.1 Å². The van der Waals surface area contributed by atoms with Gasteiger partial charge in [0.25, 0.3) is 11.8 Å². The molecule has 0 aliphatic rings. The van der Waals surface area contributed by atoms with Crippen molar-refractivity contribution in [1.29, 1.82) is 0 Å². The lowest BCUT2D eigenvalue weighted by atomic mass is 10.2. The maximum atomic E-state index is 13.8. The van der Waals surface area contributed by atoms with E-state index >= 15 is 0 Å². The Hall–Kier alpha value is -4.41. The van der Waals surface area contributed by atoms with Gasteiger partial charge < -0.3 is 14.4 Å². The van der Waals surface area contributed by atoms with Crippen LogP contribution in [0.4, 0.5) is 8.78 Å². The fourth-order valence-corrected chi connectivity index (χ4v) is 3.45.